The summed E-state index contributed by atoms with van der Waals surface area (Å²) >= 11 is 0. The molecular formula is C66H132N2. The minimum absolute atomic E-state index is 1.08. The van der Waals surface area contributed by atoms with E-state index in [4.69, 9.17) is 0 Å². The van der Waals surface area contributed by atoms with Gasteiger partial charge >= 0.3 is 0 Å². The highest BCUT2D eigenvalue weighted by Gasteiger charge is 2.07. The average molecular weight is 954 g/mol. The number of hydrogen-bond donors (Lipinski definition) is 0. The zero-order chi connectivity index (χ0) is 48.4. The molecule has 68 heavy (non-hydrogen) atoms. The highest BCUT2D eigenvalue weighted by molar-refractivity contribution is 4.88. The molecule has 0 fully saturated rings. The first-order valence-corrected chi connectivity index (χ1v) is 33.0. The van der Waals surface area contributed by atoms with Crippen LogP contribution >= 0.6 is 0 Å². The summed E-state index contributed by atoms with van der Waals surface area (Å²) in [5.74, 6) is 0. The average Bonchev–Trinajstić information content (AvgIpc) is 3.77. The first-order valence-electron chi connectivity index (χ1n) is 33.0. The summed E-state index contributed by atoms with van der Waals surface area (Å²) in [6.07, 6.45) is 93.5. The molecule has 0 saturated heterocycles. The standard InChI is InChI=1S/C66H132N2/c1-3-4-5-6-7-8-9-10-11-12-13-14-15-16-17-18-19-20-21-22-23-24-25-26-27-28-29-30-31-32-33-34-35-36-37-38-39-40-41-42-43-44-45-46-47-48-49-50-51-52-53-54-55-56-57-58-59-60-61-62-63-68-65-64-67(2)66-68/h64-65H,3-63,66H2,1-2H3. The van der Waals surface area contributed by atoms with Gasteiger partial charge in [-0.15, -0.1) is 0 Å². The van der Waals surface area contributed by atoms with Gasteiger partial charge in [-0.3, -0.25) is 0 Å². The van der Waals surface area contributed by atoms with Crippen LogP contribution in [-0.4, -0.2) is 30.1 Å². The van der Waals surface area contributed by atoms with Crippen molar-refractivity contribution in [2.45, 2.75) is 392 Å². The second-order valence-electron chi connectivity index (χ2n) is 23.4. The monoisotopic (exact) mass is 953 g/mol. The molecule has 0 aromatic rings. The Morgan fingerprint density at radius 2 is 0.353 bits per heavy atom. The van der Waals surface area contributed by atoms with E-state index >= 15 is 0 Å². The molecule has 1 aliphatic heterocycles. The molecule has 406 valence electrons. The largest absolute Gasteiger partial charge is 0.362 e. The second-order valence-corrected chi connectivity index (χ2v) is 23.4. The maximum Gasteiger partial charge on any atom is 0.0890 e. The van der Waals surface area contributed by atoms with Crippen molar-refractivity contribution in [3.8, 4) is 0 Å². The lowest BCUT2D eigenvalue weighted by Gasteiger charge is -2.17. The Hall–Kier alpha value is -0.660. The van der Waals surface area contributed by atoms with Crippen LogP contribution in [0.25, 0.3) is 0 Å². The van der Waals surface area contributed by atoms with Crippen molar-refractivity contribution in [2.75, 3.05) is 20.3 Å². The van der Waals surface area contributed by atoms with E-state index in [1.54, 1.807) is 0 Å². The molecule has 0 aliphatic carbocycles. The van der Waals surface area contributed by atoms with Crippen LogP contribution in [0.15, 0.2) is 12.4 Å². The molecule has 0 bridgehead atoms. The van der Waals surface area contributed by atoms with E-state index in [-0.39, 0.29) is 0 Å². The Morgan fingerprint density at radius 1 is 0.206 bits per heavy atom. The summed E-state index contributed by atoms with van der Waals surface area (Å²) in [6, 6.07) is 0. The molecule has 0 unspecified atom stereocenters. The van der Waals surface area contributed by atoms with E-state index in [0.717, 1.165) is 6.67 Å². The quantitative estimate of drug-likeness (QED) is 0.0561. The van der Waals surface area contributed by atoms with Gasteiger partial charge in [0.05, 0.1) is 6.67 Å². The molecule has 0 spiro atoms. The molecule has 0 saturated carbocycles. The van der Waals surface area contributed by atoms with E-state index in [1.165, 1.54) is 392 Å². The van der Waals surface area contributed by atoms with Gasteiger partial charge in [-0.25, -0.2) is 0 Å². The molecule has 0 N–H and O–H groups in total. The van der Waals surface area contributed by atoms with Gasteiger partial charge in [-0.2, -0.15) is 0 Å². The van der Waals surface area contributed by atoms with Gasteiger partial charge in [-0.05, 0) is 6.42 Å². The number of unbranched alkanes of at least 4 members (excludes halogenated alkanes) is 59. The van der Waals surface area contributed by atoms with Gasteiger partial charge in [0.25, 0.3) is 0 Å². The van der Waals surface area contributed by atoms with E-state index < -0.39 is 0 Å². The van der Waals surface area contributed by atoms with Crippen LogP contribution in [0.4, 0.5) is 0 Å². The van der Waals surface area contributed by atoms with Gasteiger partial charge in [0.2, 0.25) is 0 Å². The summed E-state index contributed by atoms with van der Waals surface area (Å²) < 4.78 is 0. The first-order chi connectivity index (χ1) is 33.8. The maximum atomic E-state index is 2.44. The smallest absolute Gasteiger partial charge is 0.0890 e. The van der Waals surface area contributed by atoms with Gasteiger partial charge in [-0.1, -0.05) is 386 Å². The molecule has 0 amide bonds. The van der Waals surface area contributed by atoms with Gasteiger partial charge in [0, 0.05) is 26.0 Å². The minimum Gasteiger partial charge on any atom is -0.362 e. The Balaban J connectivity index is 1.58. The second kappa shape index (κ2) is 58.9. The van der Waals surface area contributed by atoms with Gasteiger partial charge in [0.15, 0.2) is 0 Å². The van der Waals surface area contributed by atoms with Crippen LogP contribution in [0.2, 0.25) is 0 Å². The molecule has 0 aromatic carbocycles. The molecule has 0 radical (unpaired) electrons. The van der Waals surface area contributed by atoms with Crippen molar-refractivity contribution in [3.63, 3.8) is 0 Å². The zero-order valence-corrected chi connectivity index (χ0v) is 47.9. The van der Waals surface area contributed by atoms with Crippen molar-refractivity contribution in [2.24, 2.45) is 0 Å². The Labute approximate surface area is 432 Å². The van der Waals surface area contributed by atoms with Crippen LogP contribution in [0.1, 0.15) is 392 Å². The van der Waals surface area contributed by atoms with Crippen molar-refractivity contribution in [1.29, 1.82) is 0 Å². The number of rotatable bonds is 61. The van der Waals surface area contributed by atoms with E-state index in [1.807, 2.05) is 0 Å². The maximum absolute atomic E-state index is 2.44. The van der Waals surface area contributed by atoms with E-state index in [2.05, 4.69) is 36.2 Å². The van der Waals surface area contributed by atoms with Crippen LogP contribution in [0, 0.1) is 0 Å². The van der Waals surface area contributed by atoms with Crippen LogP contribution in [-0.2, 0) is 0 Å². The Kier molecular flexibility index (Phi) is 56.6. The lowest BCUT2D eigenvalue weighted by molar-refractivity contribution is 0.290. The van der Waals surface area contributed by atoms with Crippen LogP contribution in [0.5, 0.6) is 0 Å². The fourth-order valence-electron chi connectivity index (χ4n) is 11.4. The van der Waals surface area contributed by atoms with E-state index in [0.29, 0.717) is 0 Å². The Bertz CT molecular complexity index is 913. The highest BCUT2D eigenvalue weighted by atomic mass is 15.3. The molecule has 1 heterocycles. The Morgan fingerprint density at radius 3 is 0.485 bits per heavy atom. The van der Waals surface area contributed by atoms with Crippen LogP contribution < -0.4 is 0 Å². The fourth-order valence-corrected chi connectivity index (χ4v) is 11.4. The number of hydrogen-bond acceptors (Lipinski definition) is 2. The summed E-state index contributed by atoms with van der Waals surface area (Å²) in [5.41, 5.74) is 0. The normalized spacial score (nSPS) is 12.7. The lowest BCUT2D eigenvalue weighted by Crippen LogP contribution is -2.23. The summed E-state index contributed by atoms with van der Waals surface area (Å²) in [4.78, 5) is 4.70. The van der Waals surface area contributed by atoms with Crippen molar-refractivity contribution in [1.82, 2.24) is 9.80 Å². The predicted molar refractivity (Wildman–Crippen MR) is 311 cm³/mol. The topological polar surface area (TPSA) is 6.48 Å². The summed E-state index contributed by atoms with van der Waals surface area (Å²) in [7, 11) is 2.16. The molecular weight excluding hydrogens is 821 g/mol. The van der Waals surface area contributed by atoms with Gasteiger partial charge < -0.3 is 9.80 Å². The van der Waals surface area contributed by atoms with Crippen molar-refractivity contribution in [3.05, 3.63) is 12.4 Å². The first kappa shape index (κ1) is 65.4. The van der Waals surface area contributed by atoms with E-state index in [9.17, 15) is 0 Å². The minimum atomic E-state index is 1.08. The number of nitrogens with zero attached hydrogens (tertiary/aromatic N) is 2. The van der Waals surface area contributed by atoms with Crippen LogP contribution in [0.3, 0.4) is 0 Å². The molecule has 2 nitrogen and oxygen atoms in total. The lowest BCUT2D eigenvalue weighted by atomic mass is 10.0. The third-order valence-corrected chi connectivity index (χ3v) is 16.2. The van der Waals surface area contributed by atoms with Crippen molar-refractivity contribution >= 4 is 0 Å². The van der Waals surface area contributed by atoms with Crippen molar-refractivity contribution < 1.29 is 0 Å². The third-order valence-electron chi connectivity index (χ3n) is 16.2. The zero-order valence-electron chi connectivity index (χ0n) is 47.9. The fraction of sp³-hybridized carbons (Fsp3) is 0.970. The molecule has 0 aromatic heterocycles. The summed E-state index contributed by atoms with van der Waals surface area (Å²) in [5, 5.41) is 0. The molecule has 1 aliphatic rings. The predicted octanol–water partition coefficient (Wildman–Crippen LogP) is 24.1. The third kappa shape index (κ3) is 54.7. The molecule has 1 rings (SSSR count). The molecule has 0 atom stereocenters. The summed E-state index contributed by atoms with van der Waals surface area (Å²) in [6.45, 7) is 4.63. The SMILES string of the molecule is CCCCCCCCCCCCCCCCCCCCCCCCCCCCCCCCCCCCCCCCCCCCCCCCCCCCCCCCCCCCCCN1C=CN(C)C1. The highest BCUT2D eigenvalue weighted by Crippen LogP contribution is 2.20. The van der Waals surface area contributed by atoms with Gasteiger partial charge in [0.1, 0.15) is 0 Å². The molecule has 2 heteroatoms.